The molecule has 68 heavy (non-hydrogen) atoms. The van der Waals surface area contributed by atoms with Gasteiger partial charge in [-0.1, -0.05) is 236 Å². The molecule has 0 N–H and O–H groups in total. The van der Waals surface area contributed by atoms with Gasteiger partial charge in [0.1, 0.15) is 0 Å². The summed E-state index contributed by atoms with van der Waals surface area (Å²) in [6, 6.07) is 85.4. The highest BCUT2D eigenvalue weighted by atomic mass is 15.0. The molecular formula is C66H56N2. The number of hydrogen-bond acceptors (Lipinski definition) is 0. The van der Waals surface area contributed by atoms with Crippen molar-refractivity contribution in [2.24, 2.45) is 0 Å². The van der Waals surface area contributed by atoms with E-state index in [2.05, 4.69) is 281 Å². The summed E-state index contributed by atoms with van der Waals surface area (Å²) in [5, 5.41) is 4.68. The van der Waals surface area contributed by atoms with Gasteiger partial charge < -0.3 is 9.13 Å². The first-order chi connectivity index (χ1) is 33.0. The average Bonchev–Trinajstić information content (AvgIpc) is 4.02. The lowest BCUT2D eigenvalue weighted by Crippen LogP contribution is -2.10. The molecular weight excluding hydrogens is 821 g/mol. The van der Waals surface area contributed by atoms with E-state index in [9.17, 15) is 0 Å². The maximum absolute atomic E-state index is 2.55. The molecule has 0 aliphatic carbocycles. The first-order valence-electron chi connectivity index (χ1n) is 23.9. The molecule has 0 saturated carbocycles. The Kier molecular flexibility index (Phi) is 10.7. The van der Waals surface area contributed by atoms with Gasteiger partial charge in [-0.25, -0.2) is 0 Å². The topological polar surface area (TPSA) is 9.86 Å². The van der Waals surface area contributed by atoms with Crippen LogP contribution in [-0.4, -0.2) is 9.13 Å². The Morgan fingerprint density at radius 3 is 0.779 bits per heavy atom. The first-order valence-corrected chi connectivity index (χ1v) is 23.9. The van der Waals surface area contributed by atoms with Crippen molar-refractivity contribution < 1.29 is 0 Å². The number of aromatic nitrogens is 2. The lowest BCUT2D eigenvalue weighted by molar-refractivity contribution is 0.590. The Balaban J connectivity index is 1.33. The zero-order valence-corrected chi connectivity index (χ0v) is 39.8. The fourth-order valence-corrected chi connectivity index (χ4v) is 10.0. The third kappa shape index (κ3) is 7.76. The minimum absolute atomic E-state index is 0.0491. The Bertz CT molecular complexity index is 3330. The van der Waals surface area contributed by atoms with E-state index in [-0.39, 0.29) is 10.8 Å². The molecule has 0 spiro atoms. The van der Waals surface area contributed by atoms with Crippen molar-refractivity contribution in [1.29, 1.82) is 0 Å². The first kappa shape index (κ1) is 42.7. The van der Waals surface area contributed by atoms with Crippen LogP contribution in [0, 0.1) is 0 Å². The summed E-state index contributed by atoms with van der Waals surface area (Å²) < 4.78 is 5.07. The summed E-state index contributed by atoms with van der Waals surface area (Å²) >= 11 is 0. The summed E-state index contributed by atoms with van der Waals surface area (Å²) in [5.41, 5.74) is 19.0. The van der Waals surface area contributed by atoms with Crippen LogP contribution in [0.2, 0.25) is 0 Å². The third-order valence-electron chi connectivity index (χ3n) is 13.7. The van der Waals surface area contributed by atoms with Crippen molar-refractivity contribution in [3.05, 3.63) is 242 Å². The number of benzene rings is 9. The van der Waals surface area contributed by atoms with E-state index in [4.69, 9.17) is 0 Å². The molecule has 11 aromatic rings. The molecule has 330 valence electrons. The van der Waals surface area contributed by atoms with E-state index in [0.717, 1.165) is 56.4 Å². The predicted octanol–water partition coefficient (Wildman–Crippen LogP) is 18.2. The van der Waals surface area contributed by atoms with Gasteiger partial charge in [-0.15, -0.1) is 0 Å². The molecule has 2 nitrogen and oxygen atoms in total. The highest BCUT2D eigenvalue weighted by Crippen LogP contribution is 2.47. The second-order valence-electron chi connectivity index (χ2n) is 20.2. The van der Waals surface area contributed by atoms with Gasteiger partial charge in [-0.2, -0.15) is 0 Å². The second-order valence-corrected chi connectivity index (χ2v) is 20.2. The molecule has 9 aromatic carbocycles. The monoisotopic (exact) mass is 876 g/mol. The highest BCUT2D eigenvalue weighted by molar-refractivity contribution is 6.17. The molecule has 0 aliphatic heterocycles. The highest BCUT2D eigenvalue weighted by Gasteiger charge is 2.26. The largest absolute Gasteiger partial charge is 0.308 e. The van der Waals surface area contributed by atoms with Crippen LogP contribution in [0.25, 0.3) is 100 Å². The van der Waals surface area contributed by atoms with E-state index in [0.29, 0.717) is 0 Å². The fraction of sp³-hybridized carbons (Fsp3) is 0.121. The van der Waals surface area contributed by atoms with Crippen LogP contribution in [0.1, 0.15) is 52.7 Å². The predicted molar refractivity (Wildman–Crippen MR) is 290 cm³/mol. The van der Waals surface area contributed by atoms with Crippen molar-refractivity contribution in [2.75, 3.05) is 0 Å². The van der Waals surface area contributed by atoms with Crippen LogP contribution >= 0.6 is 0 Å². The maximum atomic E-state index is 2.55. The van der Waals surface area contributed by atoms with Crippen molar-refractivity contribution >= 4 is 21.5 Å². The SMILES string of the molecule is CC(C)(C)c1ccc(-c2ccc3c(-n4c(-c5ccccc5)ccc4-c4ccccc4)c4ccc(-c5ccc(C(C)(C)C)cc5)cc4c(-n4c(-c5ccccc5)ccc4-c4ccccc4)c3c2)cc1. The van der Waals surface area contributed by atoms with Crippen LogP contribution in [0.3, 0.4) is 0 Å². The van der Waals surface area contributed by atoms with Crippen molar-refractivity contribution in [1.82, 2.24) is 9.13 Å². The summed E-state index contributed by atoms with van der Waals surface area (Å²) in [5.74, 6) is 0. The van der Waals surface area contributed by atoms with Crippen LogP contribution in [0.4, 0.5) is 0 Å². The van der Waals surface area contributed by atoms with E-state index < -0.39 is 0 Å². The molecule has 2 heterocycles. The molecule has 0 saturated heterocycles. The van der Waals surface area contributed by atoms with Gasteiger partial charge in [0.2, 0.25) is 0 Å². The average molecular weight is 877 g/mol. The van der Waals surface area contributed by atoms with E-state index >= 15 is 0 Å². The molecule has 0 fully saturated rings. The Morgan fingerprint density at radius 1 is 0.235 bits per heavy atom. The molecule has 11 rings (SSSR count). The summed E-state index contributed by atoms with van der Waals surface area (Å²) in [4.78, 5) is 0. The third-order valence-corrected chi connectivity index (χ3v) is 13.7. The molecule has 0 radical (unpaired) electrons. The molecule has 0 amide bonds. The van der Waals surface area contributed by atoms with Gasteiger partial charge in [-0.3, -0.25) is 0 Å². The molecule has 0 bridgehead atoms. The summed E-state index contributed by atoms with van der Waals surface area (Å²) in [6.07, 6.45) is 0. The van der Waals surface area contributed by atoms with Crippen LogP contribution in [0.5, 0.6) is 0 Å². The Labute approximate surface area is 401 Å². The van der Waals surface area contributed by atoms with Crippen LogP contribution in [-0.2, 0) is 10.8 Å². The molecule has 0 aliphatic rings. The van der Waals surface area contributed by atoms with Gasteiger partial charge in [-0.05, 0) is 103 Å². The summed E-state index contributed by atoms with van der Waals surface area (Å²) in [7, 11) is 0. The molecule has 0 unspecified atom stereocenters. The number of hydrogen-bond donors (Lipinski definition) is 0. The van der Waals surface area contributed by atoms with Crippen molar-refractivity contribution in [3.8, 4) is 78.7 Å². The minimum atomic E-state index is 0.0491. The zero-order valence-electron chi connectivity index (χ0n) is 39.8. The number of rotatable bonds is 8. The normalized spacial score (nSPS) is 12.0. The Morgan fingerprint density at radius 2 is 0.500 bits per heavy atom. The molecule has 0 atom stereocenters. The standard InChI is InChI=1S/C66H56N2/c1-65(2,3)53-33-27-45(28-34-53)51-31-37-55-57(43-51)64(68-61(49-23-15-9-16-24-49)41-42-62(68)50-25-17-10-18-26-50)58-44-52(46-29-35-54(36-30-46)66(4,5)6)32-38-56(58)63(55)67-59(47-19-11-7-12-20-47)39-40-60(67)48-21-13-8-14-22-48/h7-44H,1-6H3. The number of nitrogens with zero attached hydrogens (tertiary/aromatic N) is 2. The summed E-state index contributed by atoms with van der Waals surface area (Å²) in [6.45, 7) is 13.7. The van der Waals surface area contributed by atoms with Crippen LogP contribution < -0.4 is 0 Å². The van der Waals surface area contributed by atoms with Crippen molar-refractivity contribution in [3.63, 3.8) is 0 Å². The van der Waals surface area contributed by atoms with E-state index in [1.807, 2.05) is 0 Å². The van der Waals surface area contributed by atoms with Crippen molar-refractivity contribution in [2.45, 2.75) is 52.4 Å². The number of fused-ring (bicyclic) bond motifs is 2. The zero-order chi connectivity index (χ0) is 46.6. The van der Waals surface area contributed by atoms with Crippen LogP contribution in [0.15, 0.2) is 231 Å². The fourth-order valence-electron chi connectivity index (χ4n) is 10.0. The van der Waals surface area contributed by atoms with Gasteiger partial charge in [0.25, 0.3) is 0 Å². The van der Waals surface area contributed by atoms with Gasteiger partial charge >= 0.3 is 0 Å². The molecule has 2 heteroatoms. The van der Waals surface area contributed by atoms with E-state index in [1.165, 1.54) is 54.9 Å². The lowest BCUT2D eigenvalue weighted by Gasteiger charge is -2.25. The second kappa shape index (κ2) is 17.0. The van der Waals surface area contributed by atoms with Gasteiger partial charge in [0, 0.05) is 21.5 Å². The quantitative estimate of drug-likeness (QED) is 0.135. The maximum Gasteiger partial charge on any atom is 0.0620 e. The smallest absolute Gasteiger partial charge is 0.0620 e. The molecule has 2 aromatic heterocycles. The Hall–Kier alpha value is -7.94. The lowest BCUT2D eigenvalue weighted by atomic mass is 9.85. The minimum Gasteiger partial charge on any atom is -0.308 e. The van der Waals surface area contributed by atoms with Gasteiger partial charge in [0.05, 0.1) is 34.2 Å². The van der Waals surface area contributed by atoms with E-state index in [1.54, 1.807) is 0 Å². The van der Waals surface area contributed by atoms with Gasteiger partial charge in [0.15, 0.2) is 0 Å².